The Bertz CT molecular complexity index is 984. The van der Waals surface area contributed by atoms with Gasteiger partial charge in [-0.25, -0.2) is 9.97 Å². The van der Waals surface area contributed by atoms with Gasteiger partial charge in [0.25, 0.3) is 0 Å². The Morgan fingerprint density at radius 2 is 1.77 bits per heavy atom. The van der Waals surface area contributed by atoms with Crippen LogP contribution in [0, 0.1) is 6.92 Å². The standard InChI is InChI=1S/C16H15ClF3N5S/c1-7(2)12-13(22-11-6-9(17)8(3)5-10(11)21-12)26-15-24-23-14(25(15)4)16(18,19)20/h5-7H,1-4H3. The van der Waals surface area contributed by atoms with Gasteiger partial charge in [0.2, 0.25) is 5.82 Å². The summed E-state index contributed by atoms with van der Waals surface area (Å²) in [5.74, 6) is -1.03. The molecule has 26 heavy (non-hydrogen) atoms. The lowest BCUT2D eigenvalue weighted by atomic mass is 10.1. The topological polar surface area (TPSA) is 56.5 Å². The van der Waals surface area contributed by atoms with Crippen LogP contribution in [-0.4, -0.2) is 24.7 Å². The van der Waals surface area contributed by atoms with Crippen molar-refractivity contribution in [2.24, 2.45) is 7.05 Å². The molecule has 0 bridgehead atoms. The van der Waals surface area contributed by atoms with Crippen LogP contribution in [0.2, 0.25) is 5.02 Å². The zero-order valence-electron chi connectivity index (χ0n) is 14.4. The highest BCUT2D eigenvalue weighted by molar-refractivity contribution is 7.99. The largest absolute Gasteiger partial charge is 0.451 e. The first-order valence-electron chi connectivity index (χ1n) is 7.70. The summed E-state index contributed by atoms with van der Waals surface area (Å²) in [5.41, 5.74) is 2.83. The molecule has 0 fully saturated rings. The monoisotopic (exact) mass is 401 g/mol. The lowest BCUT2D eigenvalue weighted by molar-refractivity contribution is -0.147. The van der Waals surface area contributed by atoms with E-state index in [0.29, 0.717) is 26.8 Å². The van der Waals surface area contributed by atoms with Gasteiger partial charge in [0.1, 0.15) is 5.03 Å². The maximum absolute atomic E-state index is 12.9. The van der Waals surface area contributed by atoms with E-state index >= 15 is 0 Å². The number of hydrogen-bond donors (Lipinski definition) is 0. The number of halogens is 4. The fourth-order valence-electron chi connectivity index (χ4n) is 2.37. The summed E-state index contributed by atoms with van der Waals surface area (Å²) < 4.78 is 39.7. The molecule has 0 amide bonds. The maximum atomic E-state index is 12.9. The second kappa shape index (κ2) is 6.70. The highest BCUT2D eigenvalue weighted by atomic mass is 35.5. The quantitative estimate of drug-likeness (QED) is 0.617. The smallest absolute Gasteiger partial charge is 0.301 e. The molecule has 0 atom stereocenters. The predicted octanol–water partition coefficient (Wildman–Crippen LogP) is 5.01. The number of aromatic nitrogens is 5. The number of aryl methyl sites for hydroxylation is 1. The summed E-state index contributed by atoms with van der Waals surface area (Å²) in [6.45, 7) is 5.76. The highest BCUT2D eigenvalue weighted by Crippen LogP contribution is 2.35. The summed E-state index contributed by atoms with van der Waals surface area (Å²) in [4.78, 5) is 9.20. The minimum atomic E-state index is -4.57. The number of benzene rings is 1. The second-order valence-corrected chi connectivity index (χ2v) is 7.49. The molecule has 138 valence electrons. The number of alkyl halides is 3. The van der Waals surface area contributed by atoms with E-state index in [-0.39, 0.29) is 11.1 Å². The Kier molecular flexibility index (Phi) is 4.87. The normalized spacial score (nSPS) is 12.3. The minimum Gasteiger partial charge on any atom is -0.301 e. The van der Waals surface area contributed by atoms with E-state index in [9.17, 15) is 13.2 Å². The number of fused-ring (bicyclic) bond motifs is 1. The van der Waals surface area contributed by atoms with Crippen molar-refractivity contribution in [2.75, 3.05) is 0 Å². The molecule has 2 heterocycles. The first kappa shape index (κ1) is 18.9. The summed E-state index contributed by atoms with van der Waals surface area (Å²) in [6, 6.07) is 3.54. The van der Waals surface area contributed by atoms with Gasteiger partial charge in [-0.2, -0.15) is 13.2 Å². The van der Waals surface area contributed by atoms with Crippen molar-refractivity contribution in [1.29, 1.82) is 0 Å². The third-order valence-electron chi connectivity index (χ3n) is 3.76. The van der Waals surface area contributed by atoms with Crippen molar-refractivity contribution in [3.8, 4) is 0 Å². The van der Waals surface area contributed by atoms with Crippen LogP contribution in [-0.2, 0) is 13.2 Å². The van der Waals surface area contributed by atoms with Crippen LogP contribution in [0.15, 0.2) is 22.3 Å². The van der Waals surface area contributed by atoms with Crippen LogP contribution in [0.25, 0.3) is 11.0 Å². The fraction of sp³-hybridized carbons (Fsp3) is 0.375. The zero-order chi connectivity index (χ0) is 19.2. The molecule has 1 aromatic carbocycles. The Hall–Kier alpha value is -1.87. The van der Waals surface area contributed by atoms with E-state index < -0.39 is 12.0 Å². The van der Waals surface area contributed by atoms with Crippen LogP contribution < -0.4 is 0 Å². The van der Waals surface area contributed by atoms with Gasteiger partial charge in [0, 0.05) is 12.1 Å². The minimum absolute atomic E-state index is 0.0284. The Balaban J connectivity index is 2.11. The van der Waals surface area contributed by atoms with Crippen LogP contribution in [0.5, 0.6) is 0 Å². The molecule has 2 aromatic heterocycles. The van der Waals surface area contributed by atoms with Gasteiger partial charge >= 0.3 is 6.18 Å². The van der Waals surface area contributed by atoms with Gasteiger partial charge in [-0.1, -0.05) is 25.4 Å². The van der Waals surface area contributed by atoms with E-state index in [2.05, 4.69) is 20.2 Å². The summed E-state index contributed by atoms with van der Waals surface area (Å²) in [7, 11) is 1.27. The molecule has 5 nitrogen and oxygen atoms in total. The van der Waals surface area contributed by atoms with Gasteiger partial charge in [0.05, 0.1) is 16.7 Å². The molecular weight excluding hydrogens is 387 g/mol. The Morgan fingerprint density at radius 1 is 1.12 bits per heavy atom. The SMILES string of the molecule is Cc1cc2nc(C(C)C)c(Sc3nnc(C(F)(F)F)n3C)nc2cc1Cl. The molecule has 10 heteroatoms. The third kappa shape index (κ3) is 3.50. The molecule has 0 aliphatic carbocycles. The van der Waals surface area contributed by atoms with Crippen LogP contribution >= 0.6 is 23.4 Å². The van der Waals surface area contributed by atoms with Crippen molar-refractivity contribution in [2.45, 2.75) is 43.0 Å². The zero-order valence-corrected chi connectivity index (χ0v) is 16.0. The average molecular weight is 402 g/mol. The van der Waals surface area contributed by atoms with Crippen molar-refractivity contribution in [3.05, 3.63) is 34.2 Å². The highest BCUT2D eigenvalue weighted by Gasteiger charge is 2.37. The second-order valence-electron chi connectivity index (χ2n) is 6.12. The molecule has 0 saturated heterocycles. The van der Waals surface area contributed by atoms with Crippen LogP contribution in [0.3, 0.4) is 0 Å². The third-order valence-corrected chi connectivity index (χ3v) is 5.20. The number of nitrogens with zero attached hydrogens (tertiary/aromatic N) is 5. The van der Waals surface area contributed by atoms with Gasteiger partial charge in [0.15, 0.2) is 5.16 Å². The molecule has 3 aromatic rings. The van der Waals surface area contributed by atoms with Crippen molar-refractivity contribution in [3.63, 3.8) is 0 Å². The lowest BCUT2D eigenvalue weighted by Crippen LogP contribution is -2.13. The van der Waals surface area contributed by atoms with E-state index in [0.717, 1.165) is 21.9 Å². The van der Waals surface area contributed by atoms with E-state index in [1.807, 2.05) is 26.8 Å². The first-order chi connectivity index (χ1) is 12.1. The maximum Gasteiger partial charge on any atom is 0.451 e. The van der Waals surface area contributed by atoms with Crippen LogP contribution in [0.4, 0.5) is 13.2 Å². The first-order valence-corrected chi connectivity index (χ1v) is 8.89. The molecule has 0 N–H and O–H groups in total. The van der Waals surface area contributed by atoms with E-state index in [1.54, 1.807) is 6.07 Å². The van der Waals surface area contributed by atoms with Crippen molar-refractivity contribution in [1.82, 2.24) is 24.7 Å². The summed E-state index contributed by atoms with van der Waals surface area (Å²) in [6.07, 6.45) is -4.57. The predicted molar refractivity (Wildman–Crippen MR) is 93.5 cm³/mol. The Morgan fingerprint density at radius 3 is 2.35 bits per heavy atom. The fourth-order valence-corrected chi connectivity index (χ4v) is 3.53. The van der Waals surface area contributed by atoms with Crippen LogP contribution in [0.1, 0.15) is 36.8 Å². The molecule has 0 saturated carbocycles. The van der Waals surface area contributed by atoms with Gasteiger partial charge in [-0.05, 0) is 42.3 Å². The Labute approximate surface area is 157 Å². The molecular formula is C16H15ClF3N5S. The van der Waals surface area contributed by atoms with Gasteiger partial charge in [-0.15, -0.1) is 10.2 Å². The molecule has 0 aliphatic rings. The van der Waals surface area contributed by atoms with Gasteiger partial charge < -0.3 is 4.57 Å². The summed E-state index contributed by atoms with van der Waals surface area (Å²) >= 11 is 7.16. The summed E-state index contributed by atoms with van der Waals surface area (Å²) in [5, 5.41) is 8.02. The van der Waals surface area contributed by atoms with E-state index in [4.69, 9.17) is 11.6 Å². The molecule has 0 spiro atoms. The number of rotatable bonds is 3. The molecule has 0 unspecified atom stereocenters. The van der Waals surface area contributed by atoms with E-state index in [1.165, 1.54) is 7.05 Å². The molecule has 3 rings (SSSR count). The van der Waals surface area contributed by atoms with Crippen molar-refractivity contribution < 1.29 is 13.2 Å². The van der Waals surface area contributed by atoms with Gasteiger partial charge in [-0.3, -0.25) is 0 Å². The molecule has 0 radical (unpaired) electrons. The average Bonchev–Trinajstić information content (AvgIpc) is 2.89. The lowest BCUT2D eigenvalue weighted by Gasteiger charge is -2.13. The van der Waals surface area contributed by atoms with Crippen molar-refractivity contribution >= 4 is 34.4 Å². The molecule has 0 aliphatic heterocycles. The number of hydrogen-bond acceptors (Lipinski definition) is 5.